The van der Waals surface area contributed by atoms with Crippen LogP contribution in [0.4, 0.5) is 0 Å². The first-order valence-corrected chi connectivity index (χ1v) is 5.06. The highest BCUT2D eigenvalue weighted by Gasteiger charge is 2.06. The van der Waals surface area contributed by atoms with Gasteiger partial charge in [0.2, 0.25) is 5.91 Å². The summed E-state index contributed by atoms with van der Waals surface area (Å²) in [6.45, 7) is 3.79. The maximum atomic E-state index is 11.1. The van der Waals surface area contributed by atoms with Gasteiger partial charge in [-0.1, -0.05) is 30.7 Å². The maximum absolute atomic E-state index is 11.1. The van der Waals surface area contributed by atoms with E-state index in [4.69, 9.17) is 11.6 Å². The van der Waals surface area contributed by atoms with E-state index in [1.165, 1.54) is 0 Å². The number of carbonyl (C=O) groups is 1. The predicted molar refractivity (Wildman–Crippen MR) is 58.3 cm³/mol. The van der Waals surface area contributed by atoms with Crippen molar-refractivity contribution in [3.05, 3.63) is 34.9 Å². The molecular weight excluding hydrogens is 198 g/mol. The van der Waals surface area contributed by atoms with E-state index in [0.29, 0.717) is 11.4 Å². The van der Waals surface area contributed by atoms with Gasteiger partial charge >= 0.3 is 0 Å². The lowest BCUT2D eigenvalue weighted by Crippen LogP contribution is -2.25. The van der Waals surface area contributed by atoms with E-state index in [1.54, 1.807) is 0 Å². The summed E-state index contributed by atoms with van der Waals surface area (Å²) in [6, 6.07) is 7.53. The summed E-state index contributed by atoms with van der Waals surface area (Å²) in [7, 11) is 0. The molecule has 0 aliphatic heterocycles. The Morgan fingerprint density at radius 2 is 2.00 bits per heavy atom. The highest BCUT2D eigenvalue weighted by molar-refractivity contribution is 6.30. The van der Waals surface area contributed by atoms with Crippen LogP contribution in [0, 0.1) is 0 Å². The first kappa shape index (κ1) is 11.1. The first-order chi connectivity index (χ1) is 6.63. The third-order valence-corrected chi connectivity index (χ3v) is 2.32. The lowest BCUT2D eigenvalue weighted by molar-refractivity contribution is -0.121. The molecule has 0 spiro atoms. The van der Waals surface area contributed by atoms with Gasteiger partial charge in [0.1, 0.15) is 0 Å². The largest absolute Gasteiger partial charge is 0.350 e. The van der Waals surface area contributed by atoms with Gasteiger partial charge in [-0.25, -0.2) is 0 Å². The molecule has 0 aromatic heterocycles. The minimum absolute atomic E-state index is 0.0414. The summed E-state index contributed by atoms with van der Waals surface area (Å²) in [5, 5.41) is 3.59. The fourth-order valence-electron chi connectivity index (χ4n) is 1.18. The molecule has 3 heteroatoms. The molecule has 14 heavy (non-hydrogen) atoms. The highest BCUT2D eigenvalue weighted by Crippen LogP contribution is 2.15. The van der Waals surface area contributed by atoms with E-state index < -0.39 is 0 Å². The van der Waals surface area contributed by atoms with Gasteiger partial charge in [0, 0.05) is 11.4 Å². The van der Waals surface area contributed by atoms with Crippen molar-refractivity contribution in [1.82, 2.24) is 5.32 Å². The Labute approximate surface area is 89.3 Å². The zero-order valence-electron chi connectivity index (χ0n) is 8.38. The van der Waals surface area contributed by atoms with Crippen molar-refractivity contribution in [2.75, 3.05) is 0 Å². The van der Waals surface area contributed by atoms with E-state index in [2.05, 4.69) is 5.32 Å². The van der Waals surface area contributed by atoms with E-state index in [1.807, 2.05) is 38.1 Å². The fourth-order valence-corrected chi connectivity index (χ4v) is 1.30. The van der Waals surface area contributed by atoms with Gasteiger partial charge in [0.25, 0.3) is 0 Å². The monoisotopic (exact) mass is 211 g/mol. The van der Waals surface area contributed by atoms with Gasteiger partial charge in [-0.15, -0.1) is 0 Å². The number of hydrogen-bond acceptors (Lipinski definition) is 1. The van der Waals surface area contributed by atoms with Crippen LogP contribution in [0.3, 0.4) is 0 Å². The van der Waals surface area contributed by atoms with Crippen molar-refractivity contribution in [3.8, 4) is 0 Å². The zero-order valence-corrected chi connectivity index (χ0v) is 9.14. The van der Waals surface area contributed by atoms with Gasteiger partial charge in [-0.2, -0.15) is 0 Å². The summed E-state index contributed by atoms with van der Waals surface area (Å²) >= 11 is 5.76. The Hall–Kier alpha value is -1.02. The minimum atomic E-state index is 0.0414. The number of halogens is 1. The lowest BCUT2D eigenvalue weighted by atomic mass is 10.1. The second-order valence-corrected chi connectivity index (χ2v) is 3.63. The first-order valence-electron chi connectivity index (χ1n) is 4.68. The number of hydrogen-bond donors (Lipinski definition) is 1. The molecule has 1 N–H and O–H groups in total. The van der Waals surface area contributed by atoms with Crippen LogP contribution in [0.25, 0.3) is 0 Å². The van der Waals surface area contributed by atoms with E-state index in [-0.39, 0.29) is 11.9 Å². The van der Waals surface area contributed by atoms with Crippen molar-refractivity contribution in [3.63, 3.8) is 0 Å². The number of nitrogens with one attached hydrogen (secondary N) is 1. The standard InChI is InChI=1S/C11H14ClNO/c1-3-11(14)13-8(2)9-4-6-10(12)7-5-9/h4-8H,3H2,1-2H3,(H,13,14). The van der Waals surface area contributed by atoms with Crippen molar-refractivity contribution in [2.45, 2.75) is 26.3 Å². The van der Waals surface area contributed by atoms with Crippen molar-refractivity contribution >= 4 is 17.5 Å². The van der Waals surface area contributed by atoms with Crippen LogP contribution in [0.5, 0.6) is 0 Å². The van der Waals surface area contributed by atoms with Crippen LogP contribution in [0.2, 0.25) is 5.02 Å². The molecule has 0 saturated heterocycles. The molecule has 1 rings (SSSR count). The topological polar surface area (TPSA) is 29.1 Å². The van der Waals surface area contributed by atoms with E-state index in [9.17, 15) is 4.79 Å². The van der Waals surface area contributed by atoms with Gasteiger partial charge in [0.15, 0.2) is 0 Å². The SMILES string of the molecule is CCC(=O)NC(C)c1ccc(Cl)cc1. The number of rotatable bonds is 3. The van der Waals surface area contributed by atoms with Gasteiger partial charge < -0.3 is 5.32 Å². The molecule has 1 unspecified atom stereocenters. The average Bonchev–Trinajstić information content (AvgIpc) is 2.18. The third kappa shape index (κ3) is 3.04. The van der Waals surface area contributed by atoms with Gasteiger partial charge in [0.05, 0.1) is 6.04 Å². The molecule has 1 aromatic carbocycles. The van der Waals surface area contributed by atoms with Crippen LogP contribution in [0.1, 0.15) is 31.9 Å². The molecule has 0 radical (unpaired) electrons. The number of benzene rings is 1. The third-order valence-electron chi connectivity index (χ3n) is 2.07. The maximum Gasteiger partial charge on any atom is 0.220 e. The highest BCUT2D eigenvalue weighted by atomic mass is 35.5. The summed E-state index contributed by atoms with van der Waals surface area (Å²) in [4.78, 5) is 11.1. The second-order valence-electron chi connectivity index (χ2n) is 3.19. The fraction of sp³-hybridized carbons (Fsp3) is 0.364. The second kappa shape index (κ2) is 5.01. The summed E-state index contributed by atoms with van der Waals surface area (Å²) in [6.07, 6.45) is 0.512. The van der Waals surface area contributed by atoms with Crippen molar-refractivity contribution < 1.29 is 4.79 Å². The van der Waals surface area contributed by atoms with Gasteiger partial charge in [-0.3, -0.25) is 4.79 Å². The van der Waals surface area contributed by atoms with Crippen LogP contribution in [-0.4, -0.2) is 5.91 Å². The Morgan fingerprint density at radius 3 is 2.50 bits per heavy atom. The predicted octanol–water partition coefficient (Wildman–Crippen LogP) is 2.93. The molecule has 0 aliphatic rings. The van der Waals surface area contributed by atoms with E-state index in [0.717, 1.165) is 5.56 Å². The molecule has 0 aliphatic carbocycles. The molecule has 0 bridgehead atoms. The summed E-state index contributed by atoms with van der Waals surface area (Å²) < 4.78 is 0. The van der Waals surface area contributed by atoms with E-state index >= 15 is 0 Å². The summed E-state index contributed by atoms with van der Waals surface area (Å²) in [5.41, 5.74) is 1.07. The molecule has 0 heterocycles. The molecule has 76 valence electrons. The Balaban J connectivity index is 2.65. The normalized spacial score (nSPS) is 12.2. The molecule has 0 fully saturated rings. The molecule has 1 atom stereocenters. The lowest BCUT2D eigenvalue weighted by Gasteiger charge is -2.13. The van der Waals surface area contributed by atoms with Crippen LogP contribution in [-0.2, 0) is 4.79 Å². The van der Waals surface area contributed by atoms with Gasteiger partial charge in [-0.05, 0) is 24.6 Å². The Kier molecular flexibility index (Phi) is 3.96. The summed E-state index contributed by atoms with van der Waals surface area (Å²) in [5.74, 6) is 0.0625. The minimum Gasteiger partial charge on any atom is -0.350 e. The Morgan fingerprint density at radius 1 is 1.43 bits per heavy atom. The average molecular weight is 212 g/mol. The zero-order chi connectivity index (χ0) is 10.6. The smallest absolute Gasteiger partial charge is 0.220 e. The van der Waals surface area contributed by atoms with Crippen LogP contribution in [0.15, 0.2) is 24.3 Å². The van der Waals surface area contributed by atoms with Crippen molar-refractivity contribution in [1.29, 1.82) is 0 Å². The Bertz CT molecular complexity index is 308. The molecule has 1 amide bonds. The number of amides is 1. The quantitative estimate of drug-likeness (QED) is 0.819. The van der Waals surface area contributed by atoms with Crippen LogP contribution < -0.4 is 5.32 Å². The molecule has 1 aromatic rings. The molecule has 2 nitrogen and oxygen atoms in total. The number of carbonyl (C=O) groups excluding carboxylic acids is 1. The molecular formula is C11H14ClNO. The van der Waals surface area contributed by atoms with Crippen LogP contribution >= 0.6 is 11.6 Å². The van der Waals surface area contributed by atoms with Crippen molar-refractivity contribution in [2.24, 2.45) is 0 Å². The molecule has 0 saturated carbocycles.